The second-order valence-electron chi connectivity index (χ2n) is 3.07. The molecule has 0 atom stereocenters. The Kier molecular flexibility index (Phi) is 1.92. The highest BCUT2D eigenvalue weighted by Gasteiger charge is 2.11. The van der Waals surface area contributed by atoms with Crippen LogP contribution in [0.15, 0.2) is 24.3 Å². The van der Waals surface area contributed by atoms with Gasteiger partial charge in [-0.05, 0) is 12.1 Å². The van der Waals surface area contributed by atoms with Crippen molar-refractivity contribution in [1.29, 1.82) is 0 Å². The van der Waals surface area contributed by atoms with Gasteiger partial charge in [0.2, 0.25) is 0 Å². The van der Waals surface area contributed by atoms with Crippen LogP contribution in [-0.4, -0.2) is 14.5 Å². The van der Waals surface area contributed by atoms with Crippen LogP contribution in [0.3, 0.4) is 0 Å². The molecular formula is C9H9N3O2. The van der Waals surface area contributed by atoms with Gasteiger partial charge in [0.1, 0.15) is 0 Å². The Labute approximate surface area is 80.1 Å². The van der Waals surface area contributed by atoms with Crippen molar-refractivity contribution in [3.8, 4) is 0 Å². The second kappa shape index (κ2) is 3.10. The second-order valence-corrected chi connectivity index (χ2v) is 3.07. The Balaban J connectivity index is 2.57. The molecule has 5 nitrogen and oxygen atoms in total. The van der Waals surface area contributed by atoms with E-state index in [1.807, 2.05) is 24.3 Å². The van der Waals surface area contributed by atoms with Crippen molar-refractivity contribution in [2.24, 2.45) is 7.05 Å². The maximum atomic E-state index is 10.3. The van der Waals surface area contributed by atoms with E-state index >= 15 is 0 Å². The zero-order chi connectivity index (χ0) is 10.1. The molecule has 0 spiro atoms. The van der Waals surface area contributed by atoms with Crippen molar-refractivity contribution in [2.45, 2.75) is 6.54 Å². The lowest BCUT2D eigenvalue weighted by atomic mass is 10.3. The van der Waals surface area contributed by atoms with Crippen LogP contribution in [0.1, 0.15) is 5.82 Å². The molecule has 0 aliphatic heterocycles. The third kappa shape index (κ3) is 1.32. The van der Waals surface area contributed by atoms with E-state index in [4.69, 9.17) is 0 Å². The van der Waals surface area contributed by atoms with Crippen LogP contribution in [0, 0.1) is 10.1 Å². The van der Waals surface area contributed by atoms with Gasteiger partial charge in [0.05, 0.1) is 11.0 Å². The predicted octanol–water partition coefficient (Wildman–Crippen LogP) is 1.35. The third-order valence-electron chi connectivity index (χ3n) is 2.15. The Bertz CT molecular complexity index is 490. The van der Waals surface area contributed by atoms with E-state index in [1.54, 1.807) is 11.6 Å². The number of nitro groups is 1. The molecule has 0 fully saturated rings. The number of para-hydroxylation sites is 2. The molecule has 14 heavy (non-hydrogen) atoms. The average molecular weight is 191 g/mol. The lowest BCUT2D eigenvalue weighted by Gasteiger charge is -1.96. The van der Waals surface area contributed by atoms with Gasteiger partial charge in [0.15, 0.2) is 5.82 Å². The fourth-order valence-electron chi connectivity index (χ4n) is 1.45. The van der Waals surface area contributed by atoms with Crippen LogP contribution in [-0.2, 0) is 13.6 Å². The van der Waals surface area contributed by atoms with Gasteiger partial charge in [-0.15, -0.1) is 0 Å². The quantitative estimate of drug-likeness (QED) is 0.531. The standard InChI is InChI=1S/C9H9N3O2/c1-11-8-5-3-2-4-7(8)10-9(11)6-12(13)14/h2-5H,6H2,1H3. The molecule has 1 aromatic heterocycles. The van der Waals surface area contributed by atoms with Crippen molar-refractivity contribution in [3.05, 3.63) is 40.2 Å². The van der Waals surface area contributed by atoms with E-state index in [9.17, 15) is 10.1 Å². The minimum absolute atomic E-state index is 0.231. The number of rotatable bonds is 2. The van der Waals surface area contributed by atoms with Crippen LogP contribution >= 0.6 is 0 Å². The number of aryl methyl sites for hydroxylation is 1. The SMILES string of the molecule is Cn1c(C[N+](=O)[O-])nc2ccccc21. The molecule has 0 amide bonds. The van der Waals surface area contributed by atoms with Gasteiger partial charge in [-0.3, -0.25) is 10.1 Å². The van der Waals surface area contributed by atoms with Crippen LogP contribution in [0.25, 0.3) is 11.0 Å². The van der Waals surface area contributed by atoms with Crippen molar-refractivity contribution >= 4 is 11.0 Å². The maximum absolute atomic E-state index is 10.3. The smallest absolute Gasteiger partial charge is 0.260 e. The summed E-state index contributed by atoms with van der Waals surface area (Å²) < 4.78 is 1.75. The van der Waals surface area contributed by atoms with Gasteiger partial charge < -0.3 is 4.57 Å². The van der Waals surface area contributed by atoms with Gasteiger partial charge >= 0.3 is 0 Å². The molecule has 0 radical (unpaired) electrons. The molecule has 5 heteroatoms. The van der Waals surface area contributed by atoms with Crippen LogP contribution in [0.4, 0.5) is 0 Å². The number of fused-ring (bicyclic) bond motifs is 1. The Morgan fingerprint density at radius 2 is 2.21 bits per heavy atom. The van der Waals surface area contributed by atoms with Crippen molar-refractivity contribution in [1.82, 2.24) is 9.55 Å². The summed E-state index contributed by atoms with van der Waals surface area (Å²) >= 11 is 0. The summed E-state index contributed by atoms with van der Waals surface area (Å²) in [5.74, 6) is 0.483. The summed E-state index contributed by atoms with van der Waals surface area (Å²) in [7, 11) is 1.79. The lowest BCUT2D eigenvalue weighted by molar-refractivity contribution is -0.498. The summed E-state index contributed by atoms with van der Waals surface area (Å²) in [4.78, 5) is 14.1. The number of nitrogens with zero attached hydrogens (tertiary/aromatic N) is 3. The highest BCUT2D eigenvalue weighted by molar-refractivity contribution is 5.75. The van der Waals surface area contributed by atoms with Crippen molar-refractivity contribution in [2.75, 3.05) is 0 Å². The summed E-state index contributed by atoms with van der Waals surface area (Å²) in [6.45, 7) is -0.231. The van der Waals surface area contributed by atoms with Gasteiger partial charge in [-0.25, -0.2) is 4.98 Å². The molecule has 2 rings (SSSR count). The Hall–Kier alpha value is -1.91. The number of benzene rings is 1. The first-order valence-corrected chi connectivity index (χ1v) is 4.20. The molecule has 1 heterocycles. The highest BCUT2D eigenvalue weighted by Crippen LogP contribution is 2.14. The topological polar surface area (TPSA) is 61.0 Å². The van der Waals surface area contributed by atoms with Crippen LogP contribution < -0.4 is 0 Å². The van der Waals surface area contributed by atoms with Gasteiger partial charge in [0.25, 0.3) is 6.54 Å². The monoisotopic (exact) mass is 191 g/mol. The molecule has 0 saturated carbocycles. The molecule has 0 unspecified atom stereocenters. The molecule has 0 aliphatic carbocycles. The minimum atomic E-state index is -0.374. The molecule has 0 N–H and O–H groups in total. The van der Waals surface area contributed by atoms with E-state index < -0.39 is 0 Å². The van der Waals surface area contributed by atoms with Crippen LogP contribution in [0.2, 0.25) is 0 Å². The van der Waals surface area contributed by atoms with E-state index in [0.717, 1.165) is 11.0 Å². The van der Waals surface area contributed by atoms with Gasteiger partial charge in [0, 0.05) is 12.0 Å². The summed E-state index contributed by atoms with van der Waals surface area (Å²) in [6, 6.07) is 7.50. The Morgan fingerprint density at radius 1 is 1.50 bits per heavy atom. The van der Waals surface area contributed by atoms with Crippen molar-refractivity contribution < 1.29 is 4.92 Å². The lowest BCUT2D eigenvalue weighted by Crippen LogP contribution is -2.05. The van der Waals surface area contributed by atoms with E-state index in [2.05, 4.69) is 4.98 Å². The summed E-state index contributed by atoms with van der Waals surface area (Å²) in [5, 5.41) is 10.3. The number of hydrogen-bond acceptors (Lipinski definition) is 3. The molecule has 0 bridgehead atoms. The van der Waals surface area contributed by atoms with Gasteiger partial charge in [-0.2, -0.15) is 0 Å². The first-order chi connectivity index (χ1) is 6.68. The average Bonchev–Trinajstić information content (AvgIpc) is 2.44. The molecule has 2 aromatic rings. The maximum Gasteiger partial charge on any atom is 0.260 e. The fourth-order valence-corrected chi connectivity index (χ4v) is 1.45. The van der Waals surface area contributed by atoms with Gasteiger partial charge in [-0.1, -0.05) is 12.1 Å². The fraction of sp³-hybridized carbons (Fsp3) is 0.222. The molecule has 0 aliphatic rings. The molecular weight excluding hydrogens is 182 g/mol. The minimum Gasteiger partial charge on any atom is -0.326 e. The van der Waals surface area contributed by atoms with E-state index in [1.165, 1.54) is 0 Å². The van der Waals surface area contributed by atoms with Crippen LogP contribution in [0.5, 0.6) is 0 Å². The number of hydrogen-bond donors (Lipinski definition) is 0. The highest BCUT2D eigenvalue weighted by atomic mass is 16.6. The first kappa shape index (κ1) is 8.68. The predicted molar refractivity (Wildman–Crippen MR) is 51.4 cm³/mol. The summed E-state index contributed by atoms with van der Waals surface area (Å²) in [5.41, 5.74) is 1.72. The van der Waals surface area contributed by atoms with Crippen molar-refractivity contribution in [3.63, 3.8) is 0 Å². The largest absolute Gasteiger partial charge is 0.326 e. The normalized spacial score (nSPS) is 10.6. The molecule has 72 valence electrons. The van der Waals surface area contributed by atoms with E-state index in [0.29, 0.717) is 5.82 Å². The first-order valence-electron chi connectivity index (χ1n) is 4.20. The summed E-state index contributed by atoms with van der Waals surface area (Å²) in [6.07, 6.45) is 0. The zero-order valence-electron chi connectivity index (χ0n) is 7.67. The zero-order valence-corrected chi connectivity index (χ0v) is 7.67. The Morgan fingerprint density at radius 3 is 2.86 bits per heavy atom. The van der Waals surface area contributed by atoms with E-state index in [-0.39, 0.29) is 11.5 Å². The number of aromatic nitrogens is 2. The molecule has 1 aromatic carbocycles. The third-order valence-corrected chi connectivity index (χ3v) is 2.15. The molecule has 0 saturated heterocycles. The number of imidazole rings is 1.